The van der Waals surface area contributed by atoms with Crippen LogP contribution in [0.3, 0.4) is 0 Å². The SMILES string of the molecule is Cl.Cl.NS(=O)(=O)NN1CCCc2ccc(Nc3ccnc4[nH]c(=O)ccc34)cc2C1. The molecule has 0 fully saturated rings. The zero-order chi connectivity index (χ0) is 19.7. The van der Waals surface area contributed by atoms with Crippen LogP contribution in [-0.4, -0.2) is 29.9 Å². The summed E-state index contributed by atoms with van der Waals surface area (Å²) in [6.07, 6.45) is 3.31. The average Bonchev–Trinajstić information content (AvgIpc) is 2.81. The fraction of sp³-hybridized carbons (Fsp3) is 0.222. The van der Waals surface area contributed by atoms with E-state index in [4.69, 9.17) is 5.14 Å². The summed E-state index contributed by atoms with van der Waals surface area (Å²) in [5, 5.41) is 10.9. The number of nitrogens with two attached hydrogens (primary N) is 1. The van der Waals surface area contributed by atoms with Gasteiger partial charge in [-0.1, -0.05) is 6.07 Å². The summed E-state index contributed by atoms with van der Waals surface area (Å²) in [4.78, 5) is 20.8. The van der Waals surface area contributed by atoms with Crippen molar-refractivity contribution in [3.05, 3.63) is 64.1 Å². The lowest BCUT2D eigenvalue weighted by Crippen LogP contribution is -2.45. The third-order valence-corrected chi connectivity index (χ3v) is 5.12. The van der Waals surface area contributed by atoms with Crippen molar-refractivity contribution in [3.8, 4) is 0 Å². The summed E-state index contributed by atoms with van der Waals surface area (Å²) >= 11 is 0. The van der Waals surface area contributed by atoms with Gasteiger partial charge in [0.2, 0.25) is 5.56 Å². The Balaban J connectivity index is 0.00000160. The Kier molecular flexibility index (Phi) is 7.81. The highest BCUT2D eigenvalue weighted by atomic mass is 35.5. The first-order chi connectivity index (χ1) is 13.4. The molecule has 0 atom stereocenters. The van der Waals surface area contributed by atoms with E-state index >= 15 is 0 Å². The lowest BCUT2D eigenvalue weighted by Gasteiger charge is -2.20. The predicted molar refractivity (Wildman–Crippen MR) is 122 cm³/mol. The van der Waals surface area contributed by atoms with Crippen LogP contribution in [0.5, 0.6) is 0 Å². The lowest BCUT2D eigenvalue weighted by molar-refractivity contribution is 0.235. The molecule has 0 unspecified atom stereocenters. The molecule has 0 amide bonds. The van der Waals surface area contributed by atoms with Crippen LogP contribution >= 0.6 is 24.8 Å². The zero-order valence-corrected chi connectivity index (χ0v) is 18.2. The van der Waals surface area contributed by atoms with E-state index in [1.165, 1.54) is 11.6 Å². The summed E-state index contributed by atoms with van der Waals surface area (Å²) in [6, 6.07) is 11.0. The molecule has 3 heterocycles. The molecule has 0 saturated carbocycles. The fourth-order valence-electron chi connectivity index (χ4n) is 3.42. The van der Waals surface area contributed by atoms with Gasteiger partial charge in [-0.2, -0.15) is 8.42 Å². The topological polar surface area (TPSA) is 133 Å². The first kappa shape index (κ1) is 24.1. The molecule has 1 aliphatic heterocycles. The van der Waals surface area contributed by atoms with Crippen LogP contribution in [0.25, 0.3) is 11.0 Å². The second-order valence-corrected chi connectivity index (χ2v) is 7.99. The van der Waals surface area contributed by atoms with E-state index in [-0.39, 0.29) is 30.4 Å². The van der Waals surface area contributed by atoms with Crippen molar-refractivity contribution in [3.63, 3.8) is 0 Å². The van der Waals surface area contributed by atoms with Gasteiger partial charge in [-0.3, -0.25) is 4.79 Å². The second-order valence-electron chi connectivity index (χ2n) is 6.71. The number of pyridine rings is 2. The molecule has 3 aromatic rings. The van der Waals surface area contributed by atoms with Crippen LogP contribution in [0.1, 0.15) is 17.5 Å². The lowest BCUT2D eigenvalue weighted by atomic mass is 10.0. The zero-order valence-electron chi connectivity index (χ0n) is 15.8. The van der Waals surface area contributed by atoms with Crippen LogP contribution in [0.15, 0.2) is 47.4 Å². The van der Waals surface area contributed by atoms with Gasteiger partial charge in [-0.25, -0.2) is 15.1 Å². The van der Waals surface area contributed by atoms with Gasteiger partial charge in [0, 0.05) is 36.4 Å². The monoisotopic (exact) mass is 472 g/mol. The fourth-order valence-corrected chi connectivity index (χ4v) is 3.94. The third kappa shape index (κ3) is 5.69. The number of hydrogen-bond acceptors (Lipinski definition) is 6. The first-order valence-corrected chi connectivity index (χ1v) is 10.3. The van der Waals surface area contributed by atoms with E-state index in [1.807, 2.05) is 24.3 Å². The van der Waals surface area contributed by atoms with Crippen LogP contribution in [0.4, 0.5) is 11.4 Å². The van der Waals surface area contributed by atoms with E-state index < -0.39 is 10.2 Å². The molecule has 0 radical (unpaired) electrons. The Bertz CT molecular complexity index is 1200. The molecule has 0 bridgehead atoms. The van der Waals surface area contributed by atoms with E-state index in [1.54, 1.807) is 17.3 Å². The number of rotatable bonds is 4. The van der Waals surface area contributed by atoms with Gasteiger partial charge in [0.15, 0.2) is 0 Å². The molecule has 12 heteroatoms. The van der Waals surface area contributed by atoms with Gasteiger partial charge in [0.25, 0.3) is 10.2 Å². The molecular formula is C18H22Cl2N6O3S. The Labute approximate surface area is 186 Å². The number of aromatic nitrogens is 2. The van der Waals surface area contributed by atoms with E-state index in [2.05, 4.69) is 20.1 Å². The Hall–Kier alpha value is -2.21. The minimum atomic E-state index is -3.80. The van der Waals surface area contributed by atoms with Gasteiger partial charge in [0.1, 0.15) is 5.65 Å². The van der Waals surface area contributed by atoms with Crippen molar-refractivity contribution in [1.82, 2.24) is 19.8 Å². The number of hydrazine groups is 1. The van der Waals surface area contributed by atoms with Crippen LogP contribution < -0.4 is 20.8 Å². The van der Waals surface area contributed by atoms with Crippen molar-refractivity contribution in [2.24, 2.45) is 5.14 Å². The molecular weight excluding hydrogens is 451 g/mol. The van der Waals surface area contributed by atoms with Gasteiger partial charge in [-0.15, -0.1) is 29.6 Å². The van der Waals surface area contributed by atoms with Crippen molar-refractivity contribution in [2.75, 3.05) is 11.9 Å². The number of anilines is 2. The molecule has 4 rings (SSSR count). The first-order valence-electron chi connectivity index (χ1n) is 8.79. The quantitative estimate of drug-likeness (QED) is 0.458. The second kappa shape index (κ2) is 9.73. The molecule has 5 N–H and O–H groups in total. The molecule has 162 valence electrons. The standard InChI is InChI=1S/C18H20N6O3S.2ClH/c19-28(26,27)23-24-9-1-2-12-3-4-14(10-13(12)11-24)21-16-7-8-20-18-15(16)5-6-17(25)22-18;;/h3-8,10,23H,1-2,9,11H2,(H2,19,26,27)(H2,20,21,22,25);2*1H. The van der Waals surface area contributed by atoms with Crippen LogP contribution in [0.2, 0.25) is 0 Å². The highest BCUT2D eigenvalue weighted by Gasteiger charge is 2.18. The summed E-state index contributed by atoms with van der Waals surface area (Å²) in [5.74, 6) is 0. The Morgan fingerprint density at radius 3 is 2.67 bits per heavy atom. The summed E-state index contributed by atoms with van der Waals surface area (Å²) in [6.45, 7) is 1.00. The highest BCUT2D eigenvalue weighted by molar-refractivity contribution is 7.87. The molecule has 0 spiro atoms. The third-order valence-electron chi connectivity index (χ3n) is 4.61. The van der Waals surface area contributed by atoms with Gasteiger partial charge < -0.3 is 10.3 Å². The highest BCUT2D eigenvalue weighted by Crippen LogP contribution is 2.27. The Morgan fingerprint density at radius 1 is 1.10 bits per heavy atom. The maximum absolute atomic E-state index is 11.5. The van der Waals surface area contributed by atoms with E-state index in [9.17, 15) is 13.2 Å². The molecule has 0 saturated heterocycles. The largest absolute Gasteiger partial charge is 0.355 e. The predicted octanol–water partition coefficient (Wildman–Crippen LogP) is 1.97. The van der Waals surface area contributed by atoms with Crippen molar-refractivity contribution in [2.45, 2.75) is 19.4 Å². The molecule has 9 nitrogen and oxygen atoms in total. The smallest absolute Gasteiger partial charge is 0.287 e. The number of nitrogens with zero attached hydrogens (tertiary/aromatic N) is 2. The van der Waals surface area contributed by atoms with Crippen molar-refractivity contribution >= 4 is 57.4 Å². The molecule has 1 aromatic carbocycles. The Morgan fingerprint density at radius 2 is 1.90 bits per heavy atom. The van der Waals surface area contributed by atoms with Gasteiger partial charge >= 0.3 is 0 Å². The number of halogens is 2. The summed E-state index contributed by atoms with van der Waals surface area (Å²) in [5.41, 5.74) is 4.17. The average molecular weight is 473 g/mol. The summed E-state index contributed by atoms with van der Waals surface area (Å²) < 4.78 is 22.7. The minimum absolute atomic E-state index is 0. The number of aromatic amines is 1. The molecule has 2 aromatic heterocycles. The normalized spacial score (nSPS) is 14.2. The number of H-pyrrole nitrogens is 1. The van der Waals surface area contributed by atoms with Gasteiger partial charge in [-0.05, 0) is 48.2 Å². The number of fused-ring (bicyclic) bond motifs is 2. The minimum Gasteiger partial charge on any atom is -0.355 e. The maximum Gasteiger partial charge on any atom is 0.287 e. The number of hydrogen-bond donors (Lipinski definition) is 4. The van der Waals surface area contributed by atoms with E-state index in [0.29, 0.717) is 18.7 Å². The van der Waals surface area contributed by atoms with Crippen molar-refractivity contribution < 1.29 is 8.42 Å². The molecule has 0 aliphatic carbocycles. The van der Waals surface area contributed by atoms with Crippen molar-refractivity contribution in [1.29, 1.82) is 0 Å². The molecule has 30 heavy (non-hydrogen) atoms. The maximum atomic E-state index is 11.5. The number of aryl methyl sites for hydroxylation is 1. The van der Waals surface area contributed by atoms with E-state index in [0.717, 1.165) is 35.2 Å². The van der Waals surface area contributed by atoms with Crippen LogP contribution in [-0.2, 0) is 23.2 Å². The number of benzene rings is 1. The number of nitrogens with one attached hydrogen (secondary N) is 3. The van der Waals surface area contributed by atoms with Crippen LogP contribution in [0, 0.1) is 0 Å². The molecule has 1 aliphatic rings. The van der Waals surface area contributed by atoms with Gasteiger partial charge in [0.05, 0.1) is 5.69 Å². The summed E-state index contributed by atoms with van der Waals surface area (Å²) in [7, 11) is -3.80.